The molecule has 2 N–H and O–H groups in total. The van der Waals surface area contributed by atoms with E-state index in [1.54, 1.807) is 12.1 Å². The molecule has 0 bridgehead atoms. The number of hydrogen-bond donors (Lipinski definition) is 2. The SMILES string of the molecule is O=C1NCCc2ccc3c(c21)CC(N(CCCc1c[nH]c2ccc(F)cc12)Cc1ccncc1)CO3. The van der Waals surface area contributed by atoms with Crippen LogP contribution >= 0.6 is 0 Å². The van der Waals surface area contributed by atoms with Gasteiger partial charge in [-0.1, -0.05) is 6.07 Å². The number of pyridine rings is 1. The van der Waals surface area contributed by atoms with Crippen LogP contribution in [0.2, 0.25) is 0 Å². The van der Waals surface area contributed by atoms with Crippen molar-refractivity contribution in [2.45, 2.75) is 38.3 Å². The van der Waals surface area contributed by atoms with Crippen LogP contribution in [-0.2, 0) is 25.8 Å². The molecule has 6 nitrogen and oxygen atoms in total. The smallest absolute Gasteiger partial charge is 0.251 e. The van der Waals surface area contributed by atoms with Crippen LogP contribution in [0.15, 0.2) is 61.1 Å². The average molecular weight is 485 g/mol. The molecule has 0 saturated heterocycles. The quantitative estimate of drug-likeness (QED) is 0.407. The molecule has 4 heterocycles. The van der Waals surface area contributed by atoms with E-state index in [9.17, 15) is 9.18 Å². The van der Waals surface area contributed by atoms with Crippen LogP contribution in [0.4, 0.5) is 4.39 Å². The average Bonchev–Trinajstić information content (AvgIpc) is 3.30. The van der Waals surface area contributed by atoms with Gasteiger partial charge in [0.2, 0.25) is 0 Å². The standard InChI is InChI=1S/C29H29FN4O2/c30-22-4-5-26-24(14-22)21(16-33-26)2-1-13-34(17-19-7-10-31-11-8-19)23-15-25-27(36-18-23)6-3-20-9-12-32-29(35)28(20)25/h3-8,10-11,14,16,23,33H,1-2,9,12-13,15,17-18H2,(H,32,35). The van der Waals surface area contributed by atoms with Crippen molar-refractivity contribution in [3.05, 3.63) is 94.7 Å². The number of aromatic nitrogens is 2. The lowest BCUT2D eigenvalue weighted by Crippen LogP contribution is -2.44. The molecule has 36 heavy (non-hydrogen) atoms. The van der Waals surface area contributed by atoms with Gasteiger partial charge < -0.3 is 15.0 Å². The van der Waals surface area contributed by atoms with Gasteiger partial charge in [-0.2, -0.15) is 0 Å². The first-order chi connectivity index (χ1) is 17.7. The predicted molar refractivity (Wildman–Crippen MR) is 137 cm³/mol. The number of aromatic amines is 1. The van der Waals surface area contributed by atoms with Gasteiger partial charge in [0.15, 0.2) is 0 Å². The Morgan fingerprint density at radius 1 is 1.14 bits per heavy atom. The summed E-state index contributed by atoms with van der Waals surface area (Å²) in [6, 6.07) is 13.2. The number of aryl methyl sites for hydroxylation is 1. The first kappa shape index (κ1) is 22.7. The van der Waals surface area contributed by atoms with Crippen LogP contribution in [0.25, 0.3) is 10.9 Å². The molecule has 6 rings (SSSR count). The van der Waals surface area contributed by atoms with Gasteiger partial charge >= 0.3 is 0 Å². The van der Waals surface area contributed by atoms with Crippen molar-refractivity contribution in [2.75, 3.05) is 19.7 Å². The Bertz CT molecular complexity index is 1400. The minimum atomic E-state index is -0.215. The highest BCUT2D eigenvalue weighted by molar-refractivity contribution is 5.99. The number of benzene rings is 2. The van der Waals surface area contributed by atoms with Gasteiger partial charge in [-0.3, -0.25) is 14.7 Å². The number of ether oxygens (including phenoxy) is 1. The number of nitrogens with one attached hydrogen (secondary N) is 2. The fourth-order valence-electron chi connectivity index (χ4n) is 5.56. The number of halogens is 1. The fourth-order valence-corrected chi connectivity index (χ4v) is 5.56. The van der Waals surface area contributed by atoms with Gasteiger partial charge in [-0.25, -0.2) is 4.39 Å². The van der Waals surface area contributed by atoms with E-state index in [0.717, 1.165) is 77.7 Å². The third-order valence-corrected chi connectivity index (χ3v) is 7.41. The molecule has 0 saturated carbocycles. The zero-order chi connectivity index (χ0) is 24.5. The maximum absolute atomic E-state index is 13.8. The summed E-state index contributed by atoms with van der Waals surface area (Å²) < 4.78 is 20.0. The lowest BCUT2D eigenvalue weighted by Gasteiger charge is -2.36. The number of rotatable bonds is 7. The largest absolute Gasteiger partial charge is 0.492 e. The van der Waals surface area contributed by atoms with E-state index in [0.29, 0.717) is 13.2 Å². The second-order valence-corrected chi connectivity index (χ2v) is 9.68. The minimum Gasteiger partial charge on any atom is -0.492 e. The summed E-state index contributed by atoms with van der Waals surface area (Å²) in [5.74, 6) is 0.615. The van der Waals surface area contributed by atoms with Crippen molar-refractivity contribution < 1.29 is 13.9 Å². The number of nitrogens with zero attached hydrogens (tertiary/aromatic N) is 2. The van der Waals surface area contributed by atoms with E-state index in [4.69, 9.17) is 4.74 Å². The second-order valence-electron chi connectivity index (χ2n) is 9.68. The van der Waals surface area contributed by atoms with E-state index in [1.807, 2.05) is 42.9 Å². The number of hydrogen-bond acceptors (Lipinski definition) is 4. The molecule has 1 amide bonds. The number of amides is 1. The molecule has 184 valence electrons. The predicted octanol–water partition coefficient (Wildman–Crippen LogP) is 4.43. The molecular weight excluding hydrogens is 455 g/mol. The van der Waals surface area contributed by atoms with Crippen LogP contribution in [-0.4, -0.2) is 46.5 Å². The maximum atomic E-state index is 13.8. The Balaban J connectivity index is 1.23. The third-order valence-electron chi connectivity index (χ3n) is 7.41. The Morgan fingerprint density at radius 2 is 2.03 bits per heavy atom. The molecule has 2 aromatic heterocycles. The molecular formula is C29H29FN4O2. The molecule has 1 unspecified atom stereocenters. The normalized spacial score (nSPS) is 16.9. The molecule has 0 fully saturated rings. The summed E-state index contributed by atoms with van der Waals surface area (Å²) >= 11 is 0. The zero-order valence-electron chi connectivity index (χ0n) is 20.1. The summed E-state index contributed by atoms with van der Waals surface area (Å²) in [5.41, 5.74) is 6.21. The van der Waals surface area contributed by atoms with Crippen molar-refractivity contribution >= 4 is 16.8 Å². The molecule has 2 aliphatic rings. The van der Waals surface area contributed by atoms with Gasteiger partial charge in [0.25, 0.3) is 5.91 Å². The Kier molecular flexibility index (Phi) is 6.15. The van der Waals surface area contributed by atoms with E-state index in [2.05, 4.69) is 20.2 Å². The molecule has 2 aliphatic heterocycles. The number of H-pyrrole nitrogens is 1. The van der Waals surface area contributed by atoms with Crippen molar-refractivity contribution in [2.24, 2.45) is 0 Å². The Morgan fingerprint density at radius 3 is 2.92 bits per heavy atom. The lowest BCUT2D eigenvalue weighted by molar-refractivity contribution is 0.0930. The van der Waals surface area contributed by atoms with Crippen LogP contribution in [0.1, 0.15) is 39.0 Å². The molecule has 4 aromatic rings. The molecule has 0 radical (unpaired) electrons. The van der Waals surface area contributed by atoms with Crippen molar-refractivity contribution in [3.8, 4) is 5.75 Å². The highest BCUT2D eigenvalue weighted by Gasteiger charge is 2.31. The molecule has 7 heteroatoms. The Hall–Kier alpha value is -3.71. The Labute approximate surface area is 209 Å². The zero-order valence-corrected chi connectivity index (χ0v) is 20.1. The summed E-state index contributed by atoms with van der Waals surface area (Å²) in [4.78, 5) is 22.6. The summed E-state index contributed by atoms with van der Waals surface area (Å²) in [7, 11) is 0. The second kappa shape index (κ2) is 9.74. The lowest BCUT2D eigenvalue weighted by atomic mass is 9.89. The van der Waals surface area contributed by atoms with Gasteiger partial charge in [0, 0.05) is 59.8 Å². The van der Waals surface area contributed by atoms with E-state index >= 15 is 0 Å². The third kappa shape index (κ3) is 4.46. The highest BCUT2D eigenvalue weighted by Crippen LogP contribution is 2.33. The molecule has 2 aromatic carbocycles. The summed E-state index contributed by atoms with van der Waals surface area (Å²) in [5, 5.41) is 3.94. The van der Waals surface area contributed by atoms with Crippen molar-refractivity contribution in [3.63, 3.8) is 0 Å². The maximum Gasteiger partial charge on any atom is 0.251 e. The van der Waals surface area contributed by atoms with E-state index < -0.39 is 0 Å². The molecule has 0 aliphatic carbocycles. The van der Waals surface area contributed by atoms with Crippen LogP contribution in [0.5, 0.6) is 5.75 Å². The van der Waals surface area contributed by atoms with E-state index in [1.165, 1.54) is 11.6 Å². The van der Waals surface area contributed by atoms with E-state index in [-0.39, 0.29) is 17.8 Å². The highest BCUT2D eigenvalue weighted by atomic mass is 19.1. The van der Waals surface area contributed by atoms with Crippen molar-refractivity contribution in [1.82, 2.24) is 20.2 Å². The number of fused-ring (bicyclic) bond motifs is 4. The van der Waals surface area contributed by atoms with Gasteiger partial charge in [-0.05, 0) is 85.3 Å². The number of carbonyl (C=O) groups excluding carboxylic acids is 1. The topological polar surface area (TPSA) is 70.2 Å². The first-order valence-corrected chi connectivity index (χ1v) is 12.6. The summed E-state index contributed by atoms with van der Waals surface area (Å²) in [6.45, 7) is 2.89. The molecule has 1 atom stereocenters. The first-order valence-electron chi connectivity index (χ1n) is 12.6. The molecule has 0 spiro atoms. The minimum absolute atomic E-state index is 0.00426. The van der Waals surface area contributed by atoms with Gasteiger partial charge in [0.05, 0.1) is 0 Å². The monoisotopic (exact) mass is 484 g/mol. The van der Waals surface area contributed by atoms with Crippen LogP contribution in [0.3, 0.4) is 0 Å². The van der Waals surface area contributed by atoms with Crippen LogP contribution in [0, 0.1) is 5.82 Å². The fraction of sp³-hybridized carbons (Fsp3) is 0.310. The van der Waals surface area contributed by atoms with Gasteiger partial charge in [-0.15, -0.1) is 0 Å². The number of carbonyl (C=O) groups is 1. The van der Waals surface area contributed by atoms with Crippen molar-refractivity contribution in [1.29, 1.82) is 0 Å². The van der Waals surface area contributed by atoms with Gasteiger partial charge in [0.1, 0.15) is 18.2 Å². The van der Waals surface area contributed by atoms with Crippen LogP contribution < -0.4 is 10.1 Å². The summed E-state index contributed by atoms with van der Waals surface area (Å²) in [6.07, 6.45) is 9.02.